The van der Waals surface area contributed by atoms with E-state index in [1.165, 1.54) is 0 Å². The minimum Gasteiger partial charge on any atom is -0.480 e. The minimum atomic E-state index is -0.810. The number of nitrogens with one attached hydrogen (secondary N) is 1. The van der Waals surface area contributed by atoms with E-state index in [-0.39, 0.29) is 5.41 Å². The Morgan fingerprint density at radius 1 is 1.11 bits per heavy atom. The number of hydrogen-bond acceptors (Lipinski definition) is 2. The average molecular weight is 261 g/mol. The topological polar surface area (TPSA) is 49.3 Å². The van der Waals surface area contributed by atoms with Crippen LogP contribution in [0.15, 0.2) is 30.3 Å². The number of aliphatic carboxylic acids is 1. The first kappa shape index (κ1) is 13.9. The Bertz CT molecular complexity index is 441. The Kier molecular flexibility index (Phi) is 3.83. The van der Waals surface area contributed by atoms with Crippen LogP contribution in [0.3, 0.4) is 0 Å². The molecule has 104 valence electrons. The molecule has 1 unspecified atom stereocenters. The van der Waals surface area contributed by atoms with Crippen LogP contribution in [-0.2, 0) is 4.79 Å². The number of anilines is 1. The van der Waals surface area contributed by atoms with Gasteiger partial charge in [0.25, 0.3) is 0 Å². The van der Waals surface area contributed by atoms with Crippen molar-refractivity contribution < 1.29 is 9.90 Å². The van der Waals surface area contributed by atoms with Crippen LogP contribution < -0.4 is 5.32 Å². The molecule has 19 heavy (non-hydrogen) atoms. The van der Waals surface area contributed by atoms with Gasteiger partial charge < -0.3 is 10.4 Å². The SMILES string of the molecule is CC1(C)CCCC(Nc2ccccc2)(C(=O)O)CC1. The first-order chi connectivity index (χ1) is 8.94. The van der Waals surface area contributed by atoms with Gasteiger partial charge in [0.1, 0.15) is 5.54 Å². The quantitative estimate of drug-likeness (QED) is 0.811. The van der Waals surface area contributed by atoms with E-state index in [0.29, 0.717) is 12.8 Å². The molecule has 2 rings (SSSR count). The van der Waals surface area contributed by atoms with Gasteiger partial charge in [0.15, 0.2) is 0 Å². The Balaban J connectivity index is 2.21. The van der Waals surface area contributed by atoms with Crippen molar-refractivity contribution in [1.29, 1.82) is 0 Å². The lowest BCUT2D eigenvalue weighted by Gasteiger charge is -2.31. The summed E-state index contributed by atoms with van der Waals surface area (Å²) in [4.78, 5) is 11.8. The van der Waals surface area contributed by atoms with Gasteiger partial charge in [0.2, 0.25) is 0 Å². The molecule has 0 heterocycles. The number of benzene rings is 1. The highest BCUT2D eigenvalue weighted by Gasteiger charge is 2.41. The summed E-state index contributed by atoms with van der Waals surface area (Å²) in [6.45, 7) is 4.46. The van der Waals surface area contributed by atoms with E-state index in [0.717, 1.165) is 24.9 Å². The molecule has 0 amide bonds. The van der Waals surface area contributed by atoms with E-state index >= 15 is 0 Å². The molecular formula is C16H23NO2. The number of carboxylic acid groups (broad SMARTS) is 1. The van der Waals surface area contributed by atoms with Crippen LogP contribution in [0.5, 0.6) is 0 Å². The largest absolute Gasteiger partial charge is 0.480 e. The Hall–Kier alpha value is -1.51. The van der Waals surface area contributed by atoms with Crippen LogP contribution in [0, 0.1) is 5.41 Å². The van der Waals surface area contributed by atoms with Crippen molar-refractivity contribution in [2.75, 3.05) is 5.32 Å². The van der Waals surface area contributed by atoms with Crippen molar-refractivity contribution in [3.05, 3.63) is 30.3 Å². The zero-order valence-corrected chi connectivity index (χ0v) is 11.8. The third-order valence-corrected chi connectivity index (χ3v) is 4.25. The highest BCUT2D eigenvalue weighted by Crippen LogP contribution is 2.39. The normalized spacial score (nSPS) is 26.4. The summed E-state index contributed by atoms with van der Waals surface area (Å²) in [5.74, 6) is -0.728. The molecule has 3 heteroatoms. The first-order valence-electron chi connectivity index (χ1n) is 7.00. The molecule has 1 aromatic carbocycles. The number of hydrogen-bond donors (Lipinski definition) is 2. The van der Waals surface area contributed by atoms with E-state index in [2.05, 4.69) is 19.2 Å². The zero-order valence-electron chi connectivity index (χ0n) is 11.8. The number of para-hydroxylation sites is 1. The highest BCUT2D eigenvalue weighted by molar-refractivity contribution is 5.82. The molecule has 0 radical (unpaired) electrons. The molecule has 0 aromatic heterocycles. The van der Waals surface area contributed by atoms with Crippen molar-refractivity contribution in [2.24, 2.45) is 5.41 Å². The van der Waals surface area contributed by atoms with Gasteiger partial charge in [-0.1, -0.05) is 32.0 Å². The summed E-state index contributed by atoms with van der Waals surface area (Å²) >= 11 is 0. The number of rotatable bonds is 3. The fraction of sp³-hybridized carbons (Fsp3) is 0.562. The average Bonchev–Trinajstić information content (AvgIpc) is 2.51. The van der Waals surface area contributed by atoms with Gasteiger partial charge in [0, 0.05) is 5.69 Å². The Morgan fingerprint density at radius 2 is 1.79 bits per heavy atom. The second-order valence-electron chi connectivity index (χ2n) is 6.40. The molecular weight excluding hydrogens is 238 g/mol. The lowest BCUT2D eigenvalue weighted by molar-refractivity contribution is -0.142. The highest BCUT2D eigenvalue weighted by atomic mass is 16.4. The summed E-state index contributed by atoms with van der Waals surface area (Å²) in [7, 11) is 0. The second kappa shape index (κ2) is 5.24. The van der Waals surface area contributed by atoms with Gasteiger partial charge in [-0.05, 0) is 49.7 Å². The van der Waals surface area contributed by atoms with E-state index < -0.39 is 11.5 Å². The lowest BCUT2D eigenvalue weighted by Crippen LogP contribution is -2.46. The Morgan fingerprint density at radius 3 is 2.42 bits per heavy atom. The Labute approximate surface area is 115 Å². The monoisotopic (exact) mass is 261 g/mol. The molecule has 1 aromatic rings. The molecule has 2 N–H and O–H groups in total. The van der Waals surface area contributed by atoms with Crippen molar-refractivity contribution >= 4 is 11.7 Å². The predicted octanol–water partition coefficient (Wildman–Crippen LogP) is 3.91. The van der Waals surface area contributed by atoms with Gasteiger partial charge in [0.05, 0.1) is 0 Å². The van der Waals surface area contributed by atoms with Crippen molar-refractivity contribution in [1.82, 2.24) is 0 Å². The summed E-state index contributed by atoms with van der Waals surface area (Å²) < 4.78 is 0. The number of carbonyl (C=O) groups is 1. The van der Waals surface area contributed by atoms with E-state index in [1.54, 1.807) is 0 Å². The van der Waals surface area contributed by atoms with Crippen LogP contribution >= 0.6 is 0 Å². The van der Waals surface area contributed by atoms with E-state index in [9.17, 15) is 9.90 Å². The van der Waals surface area contributed by atoms with Gasteiger partial charge in [-0.2, -0.15) is 0 Å². The molecule has 0 bridgehead atoms. The van der Waals surface area contributed by atoms with Crippen molar-refractivity contribution in [3.8, 4) is 0 Å². The summed E-state index contributed by atoms with van der Waals surface area (Å²) in [5.41, 5.74) is 0.328. The smallest absolute Gasteiger partial charge is 0.329 e. The zero-order chi connectivity index (χ0) is 13.9. The summed E-state index contributed by atoms with van der Waals surface area (Å²) in [5, 5.41) is 13.0. The molecule has 0 saturated heterocycles. The maximum atomic E-state index is 11.8. The molecule has 0 spiro atoms. The van der Waals surface area contributed by atoms with Gasteiger partial charge in [-0.25, -0.2) is 4.79 Å². The summed E-state index contributed by atoms with van der Waals surface area (Å²) in [6.07, 6.45) is 4.38. The molecule has 1 aliphatic carbocycles. The van der Waals surface area contributed by atoms with Crippen LogP contribution in [0.2, 0.25) is 0 Å². The lowest BCUT2D eigenvalue weighted by atomic mass is 9.83. The van der Waals surface area contributed by atoms with E-state index in [4.69, 9.17) is 0 Å². The van der Waals surface area contributed by atoms with Crippen LogP contribution in [0.4, 0.5) is 5.69 Å². The predicted molar refractivity (Wildman–Crippen MR) is 77.3 cm³/mol. The molecule has 3 nitrogen and oxygen atoms in total. The standard InChI is InChI=1S/C16H23NO2/c1-15(2)9-6-10-16(12-11-15,14(18)19)17-13-7-4-3-5-8-13/h3-5,7-8,17H,6,9-12H2,1-2H3,(H,18,19). The van der Waals surface area contributed by atoms with Crippen molar-refractivity contribution in [2.45, 2.75) is 51.5 Å². The van der Waals surface area contributed by atoms with Crippen LogP contribution in [0.25, 0.3) is 0 Å². The molecule has 1 saturated carbocycles. The molecule has 1 aliphatic rings. The maximum Gasteiger partial charge on any atom is 0.329 e. The van der Waals surface area contributed by atoms with Crippen molar-refractivity contribution in [3.63, 3.8) is 0 Å². The third-order valence-electron chi connectivity index (χ3n) is 4.25. The minimum absolute atomic E-state index is 0.246. The van der Waals surface area contributed by atoms with E-state index in [1.807, 2.05) is 30.3 Å². The molecule has 1 fully saturated rings. The van der Waals surface area contributed by atoms with Gasteiger partial charge in [-0.3, -0.25) is 0 Å². The summed E-state index contributed by atoms with van der Waals surface area (Å²) in [6, 6.07) is 9.66. The maximum absolute atomic E-state index is 11.8. The molecule has 1 atom stereocenters. The fourth-order valence-electron chi connectivity index (χ4n) is 2.86. The van der Waals surface area contributed by atoms with Crippen LogP contribution in [0.1, 0.15) is 46.0 Å². The van der Waals surface area contributed by atoms with Crippen LogP contribution in [-0.4, -0.2) is 16.6 Å². The van der Waals surface area contributed by atoms with Gasteiger partial charge >= 0.3 is 5.97 Å². The first-order valence-corrected chi connectivity index (χ1v) is 7.00. The second-order valence-corrected chi connectivity index (χ2v) is 6.40. The van der Waals surface area contributed by atoms with Gasteiger partial charge in [-0.15, -0.1) is 0 Å². The third kappa shape index (κ3) is 3.28. The number of carboxylic acids is 1. The molecule has 0 aliphatic heterocycles. The fourth-order valence-corrected chi connectivity index (χ4v) is 2.86.